The number of hydrogen-bond acceptors (Lipinski definition) is 2. The molecule has 1 aliphatic rings. The second-order valence-corrected chi connectivity index (χ2v) is 4.82. The predicted molar refractivity (Wildman–Crippen MR) is 75.9 cm³/mol. The molecule has 1 saturated heterocycles. The number of para-hydroxylation sites is 2. The first kappa shape index (κ1) is 12.9. The minimum Gasteiger partial charge on any atom is -0.378 e. The van der Waals surface area contributed by atoms with Gasteiger partial charge in [-0.3, -0.25) is 4.79 Å². The molecule has 0 bridgehead atoms. The zero-order chi connectivity index (χ0) is 13.9. The number of fused-ring (bicyclic) bond motifs is 1. The molecule has 0 spiro atoms. The molecule has 1 amide bonds. The summed E-state index contributed by atoms with van der Waals surface area (Å²) in [6.07, 6.45) is 3.66. The fourth-order valence-electron chi connectivity index (χ4n) is 2.53. The number of nitrogens with zero attached hydrogens (tertiary/aromatic N) is 3. The number of morpholine rings is 1. The van der Waals surface area contributed by atoms with Gasteiger partial charge in [-0.2, -0.15) is 0 Å². The molecule has 0 aliphatic carbocycles. The fourth-order valence-corrected chi connectivity index (χ4v) is 2.53. The number of hydrogen-bond donors (Lipinski definition) is 0. The first-order valence-corrected chi connectivity index (χ1v) is 6.76. The van der Waals surface area contributed by atoms with Gasteiger partial charge in [0.2, 0.25) is 6.33 Å². The Labute approximate surface area is 117 Å². The molecule has 0 saturated carbocycles. The van der Waals surface area contributed by atoms with Crippen molar-refractivity contribution in [3.8, 4) is 0 Å². The Morgan fingerprint density at radius 2 is 2.10 bits per heavy atom. The van der Waals surface area contributed by atoms with Gasteiger partial charge in [-0.25, -0.2) is 9.13 Å². The van der Waals surface area contributed by atoms with Crippen molar-refractivity contribution in [1.29, 1.82) is 0 Å². The summed E-state index contributed by atoms with van der Waals surface area (Å²) in [6, 6.07) is 8.00. The van der Waals surface area contributed by atoms with Crippen LogP contribution in [0, 0.1) is 0 Å². The van der Waals surface area contributed by atoms with E-state index >= 15 is 0 Å². The highest BCUT2D eigenvalue weighted by atomic mass is 16.5. The smallest absolute Gasteiger partial charge is 0.265 e. The highest BCUT2D eigenvalue weighted by Gasteiger charge is 2.21. The van der Waals surface area contributed by atoms with Crippen molar-refractivity contribution in [1.82, 2.24) is 9.47 Å². The van der Waals surface area contributed by atoms with Crippen LogP contribution in [-0.4, -0.2) is 41.7 Å². The van der Waals surface area contributed by atoms with Gasteiger partial charge in [0, 0.05) is 13.1 Å². The number of amides is 1. The molecular formula is C15H18N3O2+. The molecule has 5 nitrogen and oxygen atoms in total. The molecule has 104 valence electrons. The molecule has 20 heavy (non-hydrogen) atoms. The quantitative estimate of drug-likeness (QED) is 0.778. The van der Waals surface area contributed by atoms with Crippen molar-refractivity contribution < 1.29 is 14.1 Å². The lowest BCUT2D eigenvalue weighted by atomic mass is 10.3. The van der Waals surface area contributed by atoms with Crippen molar-refractivity contribution >= 4 is 23.1 Å². The van der Waals surface area contributed by atoms with E-state index in [-0.39, 0.29) is 5.91 Å². The van der Waals surface area contributed by atoms with Crippen LogP contribution in [0.1, 0.15) is 0 Å². The van der Waals surface area contributed by atoms with Crippen molar-refractivity contribution in [2.45, 2.75) is 6.54 Å². The Kier molecular flexibility index (Phi) is 3.52. The van der Waals surface area contributed by atoms with E-state index in [1.54, 1.807) is 6.20 Å². The molecule has 1 aromatic heterocycles. The summed E-state index contributed by atoms with van der Waals surface area (Å²) >= 11 is 0. The fraction of sp³-hybridized carbons (Fsp3) is 0.333. The maximum atomic E-state index is 12.3. The van der Waals surface area contributed by atoms with Crippen molar-refractivity contribution in [2.75, 3.05) is 26.3 Å². The monoisotopic (exact) mass is 272 g/mol. The van der Waals surface area contributed by atoms with Crippen LogP contribution >= 0.6 is 0 Å². The molecule has 0 N–H and O–H groups in total. The molecular weight excluding hydrogens is 254 g/mol. The number of rotatable bonds is 3. The van der Waals surface area contributed by atoms with Crippen LogP contribution in [0.2, 0.25) is 0 Å². The number of aromatic nitrogens is 2. The average Bonchev–Trinajstić information content (AvgIpc) is 2.86. The average molecular weight is 272 g/mol. The Hall–Kier alpha value is -2.14. The molecule has 1 aliphatic heterocycles. The Balaban J connectivity index is 1.87. The van der Waals surface area contributed by atoms with Crippen LogP contribution < -0.4 is 4.57 Å². The van der Waals surface area contributed by atoms with Crippen LogP contribution in [0.5, 0.6) is 0 Å². The summed E-state index contributed by atoms with van der Waals surface area (Å²) in [5.41, 5.74) is 2.09. The standard InChI is InChI=1S/C15H18N3O2/c1-2-16-12-18(14-6-4-3-5-13(14)16)11-15(19)17-7-9-20-10-8-17/h2-6,12H,1,7-11H2/q+1. The van der Waals surface area contributed by atoms with Gasteiger partial charge < -0.3 is 9.64 Å². The van der Waals surface area contributed by atoms with Gasteiger partial charge in [0.15, 0.2) is 17.6 Å². The van der Waals surface area contributed by atoms with Crippen LogP contribution in [0.3, 0.4) is 0 Å². The lowest BCUT2D eigenvalue weighted by Gasteiger charge is -2.26. The van der Waals surface area contributed by atoms with Gasteiger partial charge in [0.25, 0.3) is 5.91 Å². The molecule has 5 heteroatoms. The molecule has 3 rings (SSSR count). The topological polar surface area (TPSA) is 38.3 Å². The second kappa shape index (κ2) is 5.46. The normalized spacial score (nSPS) is 15.5. The third-order valence-electron chi connectivity index (χ3n) is 3.60. The highest BCUT2D eigenvalue weighted by molar-refractivity contribution is 5.77. The molecule has 1 aromatic carbocycles. The third kappa shape index (κ3) is 2.32. The number of ether oxygens (including phenoxy) is 1. The lowest BCUT2D eigenvalue weighted by Crippen LogP contribution is -2.48. The Morgan fingerprint density at radius 3 is 2.85 bits per heavy atom. The van der Waals surface area contributed by atoms with Gasteiger partial charge in [0.05, 0.1) is 19.4 Å². The molecule has 0 radical (unpaired) electrons. The highest BCUT2D eigenvalue weighted by Crippen LogP contribution is 2.10. The summed E-state index contributed by atoms with van der Waals surface area (Å²) in [5.74, 6) is 0.130. The molecule has 2 aromatic rings. The van der Waals surface area contributed by atoms with E-state index in [0.29, 0.717) is 32.8 Å². The zero-order valence-electron chi connectivity index (χ0n) is 11.4. The van der Waals surface area contributed by atoms with Crippen molar-refractivity contribution in [3.63, 3.8) is 0 Å². The van der Waals surface area contributed by atoms with E-state index in [0.717, 1.165) is 11.0 Å². The third-order valence-corrected chi connectivity index (χ3v) is 3.60. The lowest BCUT2D eigenvalue weighted by molar-refractivity contribution is -0.659. The SMILES string of the molecule is C=Cn1c[n+](CC(=O)N2CCOCC2)c2ccccc21. The molecule has 0 unspecified atom stereocenters. The van der Waals surface area contributed by atoms with Gasteiger partial charge in [0.1, 0.15) is 0 Å². The maximum Gasteiger partial charge on any atom is 0.265 e. The van der Waals surface area contributed by atoms with E-state index in [9.17, 15) is 4.79 Å². The van der Waals surface area contributed by atoms with E-state index in [4.69, 9.17) is 4.74 Å². The van der Waals surface area contributed by atoms with Gasteiger partial charge in [-0.1, -0.05) is 18.7 Å². The number of carbonyl (C=O) groups is 1. The van der Waals surface area contributed by atoms with Crippen LogP contribution in [0.25, 0.3) is 17.2 Å². The summed E-state index contributed by atoms with van der Waals surface area (Å²) in [6.45, 7) is 6.77. The minimum atomic E-state index is 0.130. The van der Waals surface area contributed by atoms with E-state index < -0.39 is 0 Å². The zero-order valence-corrected chi connectivity index (χ0v) is 11.4. The van der Waals surface area contributed by atoms with Crippen LogP contribution in [0.15, 0.2) is 37.2 Å². The van der Waals surface area contributed by atoms with E-state index in [1.165, 1.54) is 0 Å². The van der Waals surface area contributed by atoms with Gasteiger partial charge >= 0.3 is 0 Å². The van der Waals surface area contributed by atoms with E-state index in [1.807, 2.05) is 44.6 Å². The van der Waals surface area contributed by atoms with Gasteiger partial charge in [-0.15, -0.1) is 0 Å². The molecule has 0 atom stereocenters. The Morgan fingerprint density at radius 1 is 1.35 bits per heavy atom. The number of benzene rings is 1. The maximum absolute atomic E-state index is 12.3. The summed E-state index contributed by atoms with van der Waals surface area (Å²) in [7, 11) is 0. The first-order valence-electron chi connectivity index (χ1n) is 6.76. The number of imidazole rings is 1. The van der Waals surface area contributed by atoms with Gasteiger partial charge in [-0.05, 0) is 12.1 Å². The second-order valence-electron chi connectivity index (χ2n) is 4.82. The Bertz CT molecular complexity index is 642. The summed E-state index contributed by atoms with van der Waals surface area (Å²) < 4.78 is 9.17. The van der Waals surface area contributed by atoms with Crippen molar-refractivity contribution in [2.24, 2.45) is 0 Å². The largest absolute Gasteiger partial charge is 0.378 e. The number of carbonyl (C=O) groups excluding carboxylic acids is 1. The molecule has 2 heterocycles. The summed E-state index contributed by atoms with van der Waals surface area (Å²) in [5, 5.41) is 0. The predicted octanol–water partition coefficient (Wildman–Crippen LogP) is 0.888. The first-order chi connectivity index (χ1) is 9.79. The van der Waals surface area contributed by atoms with Crippen LogP contribution in [-0.2, 0) is 16.1 Å². The molecule has 1 fully saturated rings. The van der Waals surface area contributed by atoms with Crippen molar-refractivity contribution in [3.05, 3.63) is 37.2 Å². The summed E-state index contributed by atoms with van der Waals surface area (Å²) in [4.78, 5) is 14.2. The van der Waals surface area contributed by atoms with E-state index in [2.05, 4.69) is 6.58 Å². The van der Waals surface area contributed by atoms with Crippen LogP contribution in [0.4, 0.5) is 0 Å². The minimum absolute atomic E-state index is 0.130.